The Hall–Kier alpha value is -2.62. The molecule has 1 aromatic carbocycles. The van der Waals surface area contributed by atoms with Gasteiger partial charge >= 0.3 is 0 Å². The first-order chi connectivity index (χ1) is 9.84. The minimum Gasteiger partial charge on any atom is -0.352 e. The molecule has 0 fully saturated rings. The number of rotatable bonds is 4. The van der Waals surface area contributed by atoms with Crippen LogP contribution < -0.4 is 5.32 Å². The summed E-state index contributed by atoms with van der Waals surface area (Å²) in [6, 6.07) is 13.8. The number of nitrogens with one attached hydrogen (secondary N) is 2. The molecular formula is C16H15N3O. The molecule has 2 heterocycles. The normalized spacial score (nSPS) is 10.6. The van der Waals surface area contributed by atoms with E-state index >= 15 is 0 Å². The van der Waals surface area contributed by atoms with Crippen molar-refractivity contribution in [2.24, 2.45) is 0 Å². The van der Waals surface area contributed by atoms with Gasteiger partial charge in [0.25, 0.3) is 5.91 Å². The summed E-state index contributed by atoms with van der Waals surface area (Å²) in [4.78, 5) is 19.3. The summed E-state index contributed by atoms with van der Waals surface area (Å²) < 4.78 is 0. The fraction of sp³-hybridized carbons (Fsp3) is 0.125. The third-order valence-electron chi connectivity index (χ3n) is 3.24. The summed E-state index contributed by atoms with van der Waals surface area (Å²) in [6.45, 7) is 0.621. The number of pyridine rings is 1. The Morgan fingerprint density at radius 1 is 1.15 bits per heavy atom. The second kappa shape index (κ2) is 5.57. The molecule has 0 saturated carbocycles. The topological polar surface area (TPSA) is 57.8 Å². The van der Waals surface area contributed by atoms with E-state index in [0.29, 0.717) is 12.1 Å². The Balaban J connectivity index is 1.65. The molecule has 0 aliphatic heterocycles. The lowest BCUT2D eigenvalue weighted by atomic mass is 10.1. The van der Waals surface area contributed by atoms with Crippen molar-refractivity contribution >= 4 is 16.9 Å². The average Bonchev–Trinajstić information content (AvgIpc) is 2.92. The molecule has 0 bridgehead atoms. The molecular weight excluding hydrogens is 250 g/mol. The number of hydrogen-bond acceptors (Lipinski definition) is 2. The van der Waals surface area contributed by atoms with E-state index in [1.54, 1.807) is 12.4 Å². The van der Waals surface area contributed by atoms with Crippen LogP contribution in [0.5, 0.6) is 0 Å². The zero-order chi connectivity index (χ0) is 13.8. The van der Waals surface area contributed by atoms with Gasteiger partial charge in [0.05, 0.1) is 5.56 Å². The molecule has 3 aromatic rings. The molecule has 2 N–H and O–H groups in total. The highest BCUT2D eigenvalue weighted by Gasteiger charge is 2.11. The number of hydrogen-bond donors (Lipinski definition) is 2. The minimum absolute atomic E-state index is 0.0693. The molecule has 3 rings (SSSR count). The van der Waals surface area contributed by atoms with E-state index in [-0.39, 0.29) is 5.91 Å². The van der Waals surface area contributed by atoms with Crippen LogP contribution in [0.2, 0.25) is 0 Å². The van der Waals surface area contributed by atoms with E-state index in [1.807, 2.05) is 30.3 Å². The highest BCUT2D eigenvalue weighted by atomic mass is 16.1. The fourth-order valence-electron chi connectivity index (χ4n) is 2.20. The molecule has 2 aromatic heterocycles. The summed E-state index contributed by atoms with van der Waals surface area (Å²) in [6.07, 6.45) is 4.23. The van der Waals surface area contributed by atoms with Crippen molar-refractivity contribution in [1.29, 1.82) is 0 Å². The molecule has 4 heteroatoms. The number of carbonyl (C=O) groups excluding carboxylic acids is 1. The lowest BCUT2D eigenvalue weighted by molar-refractivity contribution is 0.0956. The van der Waals surface area contributed by atoms with Crippen LogP contribution in [0.15, 0.2) is 54.9 Å². The van der Waals surface area contributed by atoms with E-state index < -0.39 is 0 Å². The van der Waals surface area contributed by atoms with Crippen molar-refractivity contribution < 1.29 is 4.79 Å². The van der Waals surface area contributed by atoms with Crippen LogP contribution >= 0.6 is 0 Å². The number of H-pyrrole nitrogens is 1. The number of aromatic nitrogens is 2. The Morgan fingerprint density at radius 3 is 2.85 bits per heavy atom. The van der Waals surface area contributed by atoms with Crippen LogP contribution in [0.4, 0.5) is 0 Å². The summed E-state index contributed by atoms with van der Waals surface area (Å²) in [5.41, 5.74) is 2.59. The van der Waals surface area contributed by atoms with Gasteiger partial charge in [0.1, 0.15) is 5.65 Å². The van der Waals surface area contributed by atoms with Crippen LogP contribution in [0.1, 0.15) is 15.9 Å². The number of aromatic amines is 1. The number of carbonyl (C=O) groups is 1. The Kier molecular flexibility index (Phi) is 3.46. The van der Waals surface area contributed by atoms with Gasteiger partial charge < -0.3 is 10.3 Å². The number of amides is 1. The Labute approximate surface area is 116 Å². The fourth-order valence-corrected chi connectivity index (χ4v) is 2.20. The maximum Gasteiger partial charge on any atom is 0.253 e. The first-order valence-corrected chi connectivity index (χ1v) is 6.59. The molecule has 4 nitrogen and oxygen atoms in total. The summed E-state index contributed by atoms with van der Waals surface area (Å²) in [7, 11) is 0. The monoisotopic (exact) mass is 265 g/mol. The van der Waals surface area contributed by atoms with Crippen LogP contribution in [0.3, 0.4) is 0 Å². The molecule has 20 heavy (non-hydrogen) atoms. The van der Waals surface area contributed by atoms with E-state index in [2.05, 4.69) is 27.4 Å². The third kappa shape index (κ3) is 2.54. The maximum absolute atomic E-state index is 12.2. The van der Waals surface area contributed by atoms with E-state index in [0.717, 1.165) is 17.5 Å². The lowest BCUT2D eigenvalue weighted by Crippen LogP contribution is -2.25. The molecule has 100 valence electrons. The lowest BCUT2D eigenvalue weighted by Gasteiger charge is -2.04. The average molecular weight is 265 g/mol. The van der Waals surface area contributed by atoms with Crippen molar-refractivity contribution in [3.05, 3.63) is 66.0 Å². The van der Waals surface area contributed by atoms with Crippen LogP contribution in [-0.2, 0) is 6.42 Å². The van der Waals surface area contributed by atoms with E-state index in [9.17, 15) is 4.79 Å². The molecule has 0 saturated heterocycles. The van der Waals surface area contributed by atoms with Crippen molar-refractivity contribution in [3.8, 4) is 0 Å². The van der Waals surface area contributed by atoms with E-state index in [4.69, 9.17) is 0 Å². The zero-order valence-electron chi connectivity index (χ0n) is 11.0. The first kappa shape index (κ1) is 12.4. The van der Waals surface area contributed by atoms with Gasteiger partial charge in [-0.3, -0.25) is 4.79 Å². The molecule has 1 amide bonds. The first-order valence-electron chi connectivity index (χ1n) is 6.59. The van der Waals surface area contributed by atoms with Crippen LogP contribution in [0, 0.1) is 0 Å². The smallest absolute Gasteiger partial charge is 0.253 e. The quantitative estimate of drug-likeness (QED) is 0.761. The van der Waals surface area contributed by atoms with Gasteiger partial charge in [0, 0.05) is 24.3 Å². The number of benzene rings is 1. The summed E-state index contributed by atoms with van der Waals surface area (Å²) >= 11 is 0. The Morgan fingerprint density at radius 2 is 2.00 bits per heavy atom. The van der Waals surface area contributed by atoms with Crippen LogP contribution in [-0.4, -0.2) is 22.4 Å². The second-order valence-electron chi connectivity index (χ2n) is 4.59. The van der Waals surface area contributed by atoms with Gasteiger partial charge in [0.2, 0.25) is 0 Å². The molecule has 0 radical (unpaired) electrons. The Bertz CT molecular complexity index is 719. The molecule has 0 aliphatic rings. The number of fused-ring (bicyclic) bond motifs is 1. The highest BCUT2D eigenvalue weighted by molar-refractivity contribution is 6.05. The predicted octanol–water partition coefficient (Wildman–Crippen LogP) is 2.54. The van der Waals surface area contributed by atoms with Crippen molar-refractivity contribution in [1.82, 2.24) is 15.3 Å². The summed E-state index contributed by atoms with van der Waals surface area (Å²) in [5.74, 6) is -0.0693. The van der Waals surface area contributed by atoms with Gasteiger partial charge in [-0.25, -0.2) is 4.98 Å². The maximum atomic E-state index is 12.2. The van der Waals surface area contributed by atoms with Crippen molar-refractivity contribution in [2.45, 2.75) is 6.42 Å². The van der Waals surface area contributed by atoms with Gasteiger partial charge in [-0.15, -0.1) is 0 Å². The third-order valence-corrected chi connectivity index (χ3v) is 3.24. The molecule has 0 spiro atoms. The second-order valence-corrected chi connectivity index (χ2v) is 4.59. The predicted molar refractivity (Wildman–Crippen MR) is 78.6 cm³/mol. The van der Waals surface area contributed by atoms with Gasteiger partial charge in [0.15, 0.2) is 0 Å². The van der Waals surface area contributed by atoms with Crippen molar-refractivity contribution in [3.63, 3.8) is 0 Å². The zero-order valence-corrected chi connectivity index (χ0v) is 11.0. The SMILES string of the molecule is O=C(NCCc1ccccc1)c1c[nH]c2ncccc12. The van der Waals surface area contributed by atoms with Gasteiger partial charge in [-0.05, 0) is 24.1 Å². The van der Waals surface area contributed by atoms with Gasteiger partial charge in [-0.2, -0.15) is 0 Å². The number of nitrogens with zero attached hydrogens (tertiary/aromatic N) is 1. The van der Waals surface area contributed by atoms with Crippen molar-refractivity contribution in [2.75, 3.05) is 6.54 Å². The van der Waals surface area contributed by atoms with E-state index in [1.165, 1.54) is 5.56 Å². The molecule has 0 unspecified atom stereocenters. The molecule has 0 aliphatic carbocycles. The largest absolute Gasteiger partial charge is 0.352 e. The standard InChI is InChI=1S/C16H15N3O/c20-16(18-10-8-12-5-2-1-3-6-12)14-11-19-15-13(14)7-4-9-17-15/h1-7,9,11H,8,10H2,(H,17,19)(H,18,20). The highest BCUT2D eigenvalue weighted by Crippen LogP contribution is 2.15. The minimum atomic E-state index is -0.0693. The molecule has 0 atom stereocenters. The van der Waals surface area contributed by atoms with Gasteiger partial charge in [-0.1, -0.05) is 30.3 Å². The van der Waals surface area contributed by atoms with Crippen LogP contribution in [0.25, 0.3) is 11.0 Å². The summed E-state index contributed by atoms with van der Waals surface area (Å²) in [5, 5.41) is 3.79.